The fourth-order valence-electron chi connectivity index (χ4n) is 2.80. The van der Waals surface area contributed by atoms with Crippen molar-refractivity contribution in [3.8, 4) is 0 Å². The predicted octanol–water partition coefficient (Wildman–Crippen LogP) is 6.09. The van der Waals surface area contributed by atoms with Gasteiger partial charge in [0, 0.05) is 18.6 Å². The van der Waals surface area contributed by atoms with Crippen LogP contribution in [-0.4, -0.2) is 13.5 Å². The molecule has 0 aromatic heterocycles. The van der Waals surface area contributed by atoms with Crippen molar-refractivity contribution in [3.63, 3.8) is 0 Å². The number of carbonyl (C=O) groups is 1. The summed E-state index contributed by atoms with van der Waals surface area (Å²) < 4.78 is 15.0. The highest BCUT2D eigenvalue weighted by molar-refractivity contribution is 8.01. The summed E-state index contributed by atoms with van der Waals surface area (Å²) >= 11 is 7.53. The Bertz CT molecular complexity index is 982. The molecular formula is C22H20ClFN2OS. The molecule has 0 radical (unpaired) electrons. The Balaban J connectivity index is 1.84. The normalized spacial score (nSPS) is 10.6. The van der Waals surface area contributed by atoms with Crippen molar-refractivity contribution in [3.05, 3.63) is 88.7 Å². The molecule has 0 bridgehead atoms. The predicted molar refractivity (Wildman–Crippen MR) is 116 cm³/mol. The van der Waals surface area contributed by atoms with Gasteiger partial charge in [-0.3, -0.25) is 9.10 Å². The summed E-state index contributed by atoms with van der Waals surface area (Å²) in [6.45, 7) is 2.47. The smallest absolute Gasteiger partial charge is 0.224 e. The van der Waals surface area contributed by atoms with Crippen molar-refractivity contribution in [2.75, 3.05) is 16.3 Å². The summed E-state index contributed by atoms with van der Waals surface area (Å²) in [6, 6.07) is 19.9. The first-order chi connectivity index (χ1) is 13.5. The van der Waals surface area contributed by atoms with Gasteiger partial charge in [0.05, 0.1) is 16.3 Å². The van der Waals surface area contributed by atoms with Crippen LogP contribution in [0.2, 0.25) is 5.02 Å². The maximum atomic E-state index is 13.5. The van der Waals surface area contributed by atoms with E-state index in [2.05, 4.69) is 0 Å². The second-order valence-corrected chi connectivity index (χ2v) is 7.83. The van der Waals surface area contributed by atoms with Gasteiger partial charge in [0.2, 0.25) is 6.41 Å². The largest absolute Gasteiger partial charge is 0.369 e. The van der Waals surface area contributed by atoms with Crippen LogP contribution in [0.5, 0.6) is 0 Å². The molecule has 144 valence electrons. The lowest BCUT2D eigenvalue weighted by Gasteiger charge is -2.24. The molecule has 1 amide bonds. The van der Waals surface area contributed by atoms with E-state index in [1.165, 1.54) is 24.1 Å². The highest BCUT2D eigenvalue weighted by Crippen LogP contribution is 2.35. The summed E-state index contributed by atoms with van der Waals surface area (Å²) in [4.78, 5) is 14.7. The number of hydrogen-bond acceptors (Lipinski definition) is 3. The number of amides is 1. The number of hydrogen-bond donors (Lipinski definition) is 0. The topological polar surface area (TPSA) is 23.6 Å². The first-order valence-electron chi connectivity index (χ1n) is 8.71. The number of halogens is 2. The van der Waals surface area contributed by atoms with Gasteiger partial charge >= 0.3 is 0 Å². The molecule has 6 heteroatoms. The van der Waals surface area contributed by atoms with Gasteiger partial charge in [-0.25, -0.2) is 4.39 Å². The molecule has 3 rings (SSSR count). The van der Waals surface area contributed by atoms with Crippen LogP contribution >= 0.6 is 23.5 Å². The van der Waals surface area contributed by atoms with E-state index >= 15 is 0 Å². The van der Waals surface area contributed by atoms with Crippen molar-refractivity contribution in [2.45, 2.75) is 18.4 Å². The maximum absolute atomic E-state index is 13.5. The highest BCUT2D eigenvalue weighted by atomic mass is 35.5. The van der Waals surface area contributed by atoms with Crippen LogP contribution in [-0.2, 0) is 11.3 Å². The van der Waals surface area contributed by atoms with Crippen molar-refractivity contribution >= 4 is 41.3 Å². The van der Waals surface area contributed by atoms with E-state index in [0.717, 1.165) is 28.1 Å². The molecule has 0 spiro atoms. The van der Waals surface area contributed by atoms with Crippen molar-refractivity contribution in [1.29, 1.82) is 0 Å². The van der Waals surface area contributed by atoms with Crippen molar-refractivity contribution in [1.82, 2.24) is 0 Å². The van der Waals surface area contributed by atoms with Crippen molar-refractivity contribution < 1.29 is 9.18 Å². The molecule has 3 nitrogen and oxygen atoms in total. The first-order valence-corrected chi connectivity index (χ1v) is 9.86. The molecule has 0 saturated carbocycles. The van der Waals surface area contributed by atoms with Crippen LogP contribution in [0.3, 0.4) is 0 Å². The summed E-state index contributed by atoms with van der Waals surface area (Å²) in [5.41, 5.74) is 3.48. The number of benzene rings is 3. The van der Waals surface area contributed by atoms with Gasteiger partial charge < -0.3 is 4.90 Å². The maximum Gasteiger partial charge on any atom is 0.224 e. The molecular weight excluding hydrogens is 395 g/mol. The van der Waals surface area contributed by atoms with Crippen LogP contribution < -0.4 is 9.21 Å². The fraction of sp³-hybridized carbons (Fsp3) is 0.136. The number of anilines is 2. The van der Waals surface area contributed by atoms with Crippen molar-refractivity contribution in [2.24, 2.45) is 0 Å². The quantitative estimate of drug-likeness (QED) is 0.345. The van der Waals surface area contributed by atoms with Crippen LogP contribution in [0.1, 0.15) is 11.1 Å². The van der Waals surface area contributed by atoms with E-state index in [4.69, 9.17) is 11.6 Å². The van der Waals surface area contributed by atoms with E-state index in [9.17, 15) is 9.18 Å². The molecule has 0 aliphatic carbocycles. The number of nitrogens with zero attached hydrogens (tertiary/aromatic N) is 2. The van der Waals surface area contributed by atoms with E-state index < -0.39 is 0 Å². The average Bonchev–Trinajstić information content (AvgIpc) is 2.68. The molecule has 0 unspecified atom stereocenters. The minimum atomic E-state index is -0.253. The van der Waals surface area contributed by atoms with Crippen LogP contribution in [0, 0.1) is 12.7 Å². The molecule has 3 aromatic carbocycles. The second kappa shape index (κ2) is 9.13. The second-order valence-electron chi connectivity index (χ2n) is 6.41. The molecule has 0 aliphatic heterocycles. The summed E-state index contributed by atoms with van der Waals surface area (Å²) in [5, 5.41) is 0.612. The Morgan fingerprint density at radius 3 is 2.57 bits per heavy atom. The molecule has 3 aromatic rings. The third-order valence-electron chi connectivity index (χ3n) is 4.29. The monoisotopic (exact) mass is 414 g/mol. The average molecular weight is 415 g/mol. The zero-order chi connectivity index (χ0) is 20.1. The van der Waals surface area contributed by atoms with E-state index in [1.807, 2.05) is 61.3 Å². The Morgan fingerprint density at radius 1 is 1.07 bits per heavy atom. The third-order valence-corrected chi connectivity index (χ3v) is 5.73. The molecule has 0 fully saturated rings. The van der Waals surface area contributed by atoms with Gasteiger partial charge in [-0.1, -0.05) is 41.9 Å². The van der Waals surface area contributed by atoms with Crippen LogP contribution in [0.4, 0.5) is 15.8 Å². The standard InChI is InChI=1S/C22H20ClFN2OS/c1-16-10-11-19(13-20(16)23)26(15-27)28-22-9-4-3-8-21(22)25(2)14-17-6-5-7-18(24)12-17/h3-13,15H,14H2,1-2H3. The van der Waals surface area contributed by atoms with E-state index in [-0.39, 0.29) is 5.82 Å². The number of aryl methyl sites for hydroxylation is 1. The summed E-state index contributed by atoms with van der Waals surface area (Å²) in [6.07, 6.45) is 0.773. The lowest BCUT2D eigenvalue weighted by atomic mass is 10.2. The van der Waals surface area contributed by atoms with Gasteiger partial charge in [-0.05, 0) is 66.4 Å². The Labute approximate surface area is 173 Å². The molecule has 0 heterocycles. The van der Waals surface area contributed by atoms with E-state index in [0.29, 0.717) is 17.3 Å². The van der Waals surface area contributed by atoms with Gasteiger partial charge in [-0.15, -0.1) is 0 Å². The molecule has 28 heavy (non-hydrogen) atoms. The third kappa shape index (κ3) is 4.86. The lowest BCUT2D eigenvalue weighted by Crippen LogP contribution is -2.18. The minimum Gasteiger partial charge on any atom is -0.369 e. The zero-order valence-corrected chi connectivity index (χ0v) is 17.2. The molecule has 0 aliphatic rings. The van der Waals surface area contributed by atoms with Gasteiger partial charge in [-0.2, -0.15) is 0 Å². The van der Waals surface area contributed by atoms with E-state index in [1.54, 1.807) is 16.4 Å². The number of para-hydroxylation sites is 1. The Kier molecular flexibility index (Phi) is 6.60. The Morgan fingerprint density at radius 2 is 1.86 bits per heavy atom. The fourth-order valence-corrected chi connectivity index (χ4v) is 3.91. The summed E-state index contributed by atoms with van der Waals surface area (Å²) in [5.74, 6) is -0.253. The van der Waals surface area contributed by atoms with Gasteiger partial charge in [0.25, 0.3) is 0 Å². The minimum absolute atomic E-state index is 0.253. The molecule has 0 atom stereocenters. The zero-order valence-electron chi connectivity index (χ0n) is 15.6. The van der Waals surface area contributed by atoms with Gasteiger partial charge in [0.1, 0.15) is 5.82 Å². The SMILES string of the molecule is Cc1ccc(N(C=O)Sc2ccccc2N(C)Cc2cccc(F)c2)cc1Cl. The Hall–Kier alpha value is -2.50. The lowest BCUT2D eigenvalue weighted by molar-refractivity contribution is -0.106. The number of rotatable bonds is 7. The molecule has 0 N–H and O–H groups in total. The van der Waals surface area contributed by atoms with Crippen LogP contribution in [0.15, 0.2) is 71.6 Å². The molecule has 0 saturated heterocycles. The highest BCUT2D eigenvalue weighted by Gasteiger charge is 2.14. The summed E-state index contributed by atoms with van der Waals surface area (Å²) in [7, 11) is 1.94. The van der Waals surface area contributed by atoms with Gasteiger partial charge in [0.15, 0.2) is 0 Å². The van der Waals surface area contributed by atoms with Crippen LogP contribution in [0.25, 0.3) is 0 Å². The first kappa shape index (κ1) is 20.2. The number of carbonyl (C=O) groups excluding carboxylic acids is 1.